The molecule has 66 heavy (non-hydrogen) atoms. The lowest BCUT2D eigenvalue weighted by atomic mass is 9.44. The second-order valence-corrected chi connectivity index (χ2v) is 25.4. The number of fused-ring (bicyclic) bond motifs is 5. The summed E-state index contributed by atoms with van der Waals surface area (Å²) in [5.74, 6) is -5.40. The van der Waals surface area contributed by atoms with Crippen LogP contribution in [0, 0.1) is 16.7 Å². The van der Waals surface area contributed by atoms with E-state index < -0.39 is 120 Å². The fourth-order valence-corrected chi connectivity index (χ4v) is 11.8. The number of hydrogen-bond acceptors (Lipinski definition) is 13. The van der Waals surface area contributed by atoms with Crippen molar-refractivity contribution in [2.75, 3.05) is 6.61 Å². The number of Topliss-reactive ketones (excluding diaryl/α,β-unsaturated/α-hetero) is 1. The van der Waals surface area contributed by atoms with Gasteiger partial charge in [0.25, 0.3) is 5.91 Å². The Labute approximate surface area is 387 Å². The van der Waals surface area contributed by atoms with Crippen molar-refractivity contribution in [2.45, 2.75) is 140 Å². The molecule has 3 aromatic rings. The largest absolute Gasteiger partial charge is 0.456 e. The van der Waals surface area contributed by atoms with Gasteiger partial charge < -0.3 is 44.0 Å². The summed E-state index contributed by atoms with van der Waals surface area (Å²) in [5, 5.41) is 40.9. The van der Waals surface area contributed by atoms with Crippen LogP contribution in [0.15, 0.2) is 102 Å². The Hall–Kier alpha value is -5.03. The van der Waals surface area contributed by atoms with Gasteiger partial charge in [0.15, 0.2) is 25.8 Å². The summed E-state index contributed by atoms with van der Waals surface area (Å²) < 4.78 is 32.0. The van der Waals surface area contributed by atoms with Gasteiger partial charge in [0, 0.05) is 30.7 Å². The minimum Gasteiger partial charge on any atom is -0.456 e. The van der Waals surface area contributed by atoms with Gasteiger partial charge in [-0.25, -0.2) is 9.59 Å². The lowest BCUT2D eigenvalue weighted by molar-refractivity contribution is -0.346. The zero-order valence-corrected chi connectivity index (χ0v) is 40.3. The van der Waals surface area contributed by atoms with Gasteiger partial charge in [-0.2, -0.15) is 0 Å². The third-order valence-corrected chi connectivity index (χ3v) is 19.9. The number of amides is 1. The highest BCUT2D eigenvalue weighted by atomic mass is 28.4. The van der Waals surface area contributed by atoms with E-state index in [0.29, 0.717) is 11.1 Å². The molecule has 354 valence electrons. The van der Waals surface area contributed by atoms with E-state index in [-0.39, 0.29) is 29.7 Å². The first-order valence-electron chi connectivity index (χ1n) is 22.5. The summed E-state index contributed by atoms with van der Waals surface area (Å²) in [6.07, 6.45) is -9.76. The van der Waals surface area contributed by atoms with Crippen LogP contribution >= 0.6 is 0 Å². The number of benzene rings is 3. The van der Waals surface area contributed by atoms with Crippen molar-refractivity contribution >= 4 is 37.9 Å². The highest BCUT2D eigenvalue weighted by Crippen LogP contribution is 2.64. The number of nitrogens with one attached hydrogen (secondary N) is 1. The maximum absolute atomic E-state index is 15.3. The lowest BCUT2D eigenvalue weighted by Gasteiger charge is -2.67. The molecule has 4 aliphatic rings. The molecule has 3 aromatic carbocycles. The van der Waals surface area contributed by atoms with Gasteiger partial charge in [-0.3, -0.25) is 14.4 Å². The summed E-state index contributed by atoms with van der Waals surface area (Å²) in [6.45, 7) is 17.1. The third-order valence-electron chi connectivity index (χ3n) is 15.4. The smallest absolute Gasteiger partial charge is 0.338 e. The molecule has 1 amide bonds. The average molecular weight is 926 g/mol. The predicted octanol–water partition coefficient (Wildman–Crippen LogP) is 6.19. The van der Waals surface area contributed by atoms with Crippen LogP contribution in [0.25, 0.3) is 0 Å². The quantitative estimate of drug-likeness (QED) is 0.0734. The second kappa shape index (κ2) is 17.6. The number of esters is 3. The third kappa shape index (κ3) is 8.15. The first-order valence-corrected chi connectivity index (χ1v) is 25.4. The molecule has 0 radical (unpaired) electrons. The maximum atomic E-state index is 15.3. The first-order chi connectivity index (χ1) is 30.8. The van der Waals surface area contributed by atoms with Crippen LogP contribution in [0.2, 0.25) is 18.1 Å². The number of rotatable bonds is 11. The minimum absolute atomic E-state index is 0.000871. The van der Waals surface area contributed by atoms with Gasteiger partial charge in [-0.05, 0) is 73.0 Å². The van der Waals surface area contributed by atoms with Crippen molar-refractivity contribution in [3.8, 4) is 0 Å². The number of ether oxygens (including phenoxy) is 4. The summed E-state index contributed by atoms with van der Waals surface area (Å²) in [5.41, 5.74) is -6.43. The fraction of sp³-hybridized carbons (Fsp3) is 0.510. The Bertz CT molecular complexity index is 2380. The molecule has 11 atom stereocenters. The molecule has 1 aliphatic heterocycles. The standard InChI is InChI=1S/C51H63NO13Si/c1-29-34(62-46(59)40(65-66(9,10)47(3,4)5)38(31-20-14-11-15-21-31)52-44(57)32-22-16-12-17-23-32)27-51(60)43(63-45(58)33-24-18-13-19-25-33)41-49(8,42(56)39(55)37(29)48(51,6)7)35(54)26-36-50(41,28-61-36)64-30(2)53/h11-25,34-36,38-41,43,54-55,60H,26-28H2,1-10H3,(H,52,57)/t34-,35-,36?,38-,39+,40+,41-,43-,49+,50-,51+/m0/s1. The van der Waals surface area contributed by atoms with E-state index in [9.17, 15) is 29.7 Å². The van der Waals surface area contributed by atoms with Gasteiger partial charge in [-0.15, -0.1) is 0 Å². The molecule has 1 unspecified atom stereocenters. The van der Waals surface area contributed by atoms with E-state index in [2.05, 4.69) is 5.32 Å². The predicted molar refractivity (Wildman–Crippen MR) is 244 cm³/mol. The Balaban J connectivity index is 1.40. The maximum Gasteiger partial charge on any atom is 0.338 e. The van der Waals surface area contributed by atoms with Crippen molar-refractivity contribution in [3.05, 3.63) is 119 Å². The Morgan fingerprint density at radius 3 is 1.95 bits per heavy atom. The molecule has 7 rings (SSSR count). The molecule has 0 spiro atoms. The molecule has 14 nitrogen and oxygen atoms in total. The molecule has 1 saturated heterocycles. The number of aliphatic hydroxyl groups is 3. The second-order valence-electron chi connectivity index (χ2n) is 20.6. The summed E-state index contributed by atoms with van der Waals surface area (Å²) >= 11 is 0. The summed E-state index contributed by atoms with van der Waals surface area (Å²) in [4.78, 5) is 72.0. The van der Waals surface area contributed by atoms with Crippen LogP contribution in [0.1, 0.15) is 101 Å². The monoisotopic (exact) mass is 925 g/mol. The van der Waals surface area contributed by atoms with Crippen molar-refractivity contribution in [1.82, 2.24) is 5.32 Å². The first kappa shape index (κ1) is 48.9. The highest BCUT2D eigenvalue weighted by Gasteiger charge is 2.78. The average Bonchev–Trinajstić information content (AvgIpc) is 3.26. The van der Waals surface area contributed by atoms with Crippen molar-refractivity contribution in [2.24, 2.45) is 16.7 Å². The van der Waals surface area contributed by atoms with Crippen LogP contribution in [-0.2, 0) is 37.8 Å². The van der Waals surface area contributed by atoms with Gasteiger partial charge >= 0.3 is 17.9 Å². The van der Waals surface area contributed by atoms with Crippen LogP contribution in [0.5, 0.6) is 0 Å². The van der Waals surface area contributed by atoms with Crippen LogP contribution in [0.4, 0.5) is 0 Å². The van der Waals surface area contributed by atoms with Crippen molar-refractivity contribution in [1.29, 1.82) is 0 Å². The molecule has 3 aliphatic carbocycles. The normalized spacial score (nSPS) is 31.3. The van der Waals surface area contributed by atoms with Gasteiger partial charge in [0.05, 0.1) is 35.6 Å². The van der Waals surface area contributed by atoms with Crippen molar-refractivity contribution < 1.29 is 62.7 Å². The van der Waals surface area contributed by atoms with E-state index >= 15 is 9.59 Å². The zero-order valence-electron chi connectivity index (χ0n) is 39.3. The fourth-order valence-electron chi connectivity index (χ4n) is 10.5. The SMILES string of the molecule is CC(=O)O[C@@]12COC1C[C@H](O)[C@@]1(C)C(=O)[C@H](O)C3=C(C)[C@@H](OC(=O)[C@H](O[Si](C)(C)C(C)(C)C)[C@@H](NC(=O)c4ccccc4)c4ccccc4)C[C@@](O)([C@@H](OC(=O)c4ccccc4)[C@@H]12)C3(C)C. The van der Waals surface area contributed by atoms with Crippen LogP contribution in [-0.4, -0.2) is 108 Å². The molecule has 2 bridgehead atoms. The van der Waals surface area contributed by atoms with E-state index in [1.54, 1.807) is 99.6 Å². The molecule has 3 fully saturated rings. The van der Waals surface area contributed by atoms with E-state index in [0.717, 1.165) is 0 Å². The number of ketones is 1. The zero-order chi connectivity index (χ0) is 48.4. The van der Waals surface area contributed by atoms with Gasteiger partial charge in [0.2, 0.25) is 0 Å². The molecule has 1 heterocycles. The topological polar surface area (TPSA) is 204 Å². The Kier molecular flexibility index (Phi) is 13.0. The number of aliphatic hydroxyl groups excluding tert-OH is 2. The Morgan fingerprint density at radius 2 is 1.42 bits per heavy atom. The van der Waals surface area contributed by atoms with Gasteiger partial charge in [-0.1, -0.05) is 101 Å². The molecule has 4 N–H and O–H groups in total. The Morgan fingerprint density at radius 1 is 0.864 bits per heavy atom. The van der Waals surface area contributed by atoms with Crippen molar-refractivity contribution in [3.63, 3.8) is 0 Å². The summed E-state index contributed by atoms with van der Waals surface area (Å²) in [7, 11) is -2.89. The molecular weight excluding hydrogens is 863 g/mol. The summed E-state index contributed by atoms with van der Waals surface area (Å²) in [6, 6.07) is 24.3. The van der Waals surface area contributed by atoms with Crippen LogP contribution in [0.3, 0.4) is 0 Å². The number of carbonyl (C=O) groups excluding carboxylic acids is 5. The lowest BCUT2D eigenvalue weighted by Crippen LogP contribution is -2.81. The minimum atomic E-state index is -2.89. The molecule has 2 saturated carbocycles. The number of carbonyl (C=O) groups is 5. The van der Waals surface area contributed by atoms with E-state index in [1.165, 1.54) is 26.0 Å². The number of hydrogen-bond donors (Lipinski definition) is 4. The highest BCUT2D eigenvalue weighted by molar-refractivity contribution is 6.74. The van der Waals surface area contributed by atoms with Gasteiger partial charge in [0.1, 0.15) is 30.0 Å². The molecule has 15 heteroatoms. The van der Waals surface area contributed by atoms with Crippen LogP contribution < -0.4 is 5.32 Å². The van der Waals surface area contributed by atoms with E-state index in [4.69, 9.17) is 23.4 Å². The van der Waals surface area contributed by atoms with E-state index in [1.807, 2.05) is 33.9 Å². The molecular formula is C51H63NO13Si. The molecule has 0 aromatic heterocycles.